The summed E-state index contributed by atoms with van der Waals surface area (Å²) >= 11 is 0. The number of halogens is 2. The maximum absolute atomic E-state index is 14.4. The van der Waals surface area contributed by atoms with Gasteiger partial charge in [-0.2, -0.15) is 5.10 Å². The number of hydrogen-bond donors (Lipinski definition) is 1. The Morgan fingerprint density at radius 3 is 2.80 bits per heavy atom. The third-order valence-electron chi connectivity index (χ3n) is 5.01. The Kier molecular flexibility index (Phi) is 5.39. The smallest absolute Gasteiger partial charge is 0.226 e. The molecule has 0 spiro atoms. The lowest BCUT2D eigenvalue weighted by atomic mass is 9.86. The van der Waals surface area contributed by atoms with Gasteiger partial charge in [-0.25, -0.2) is 13.5 Å². The zero-order valence-electron chi connectivity index (χ0n) is 16.6. The van der Waals surface area contributed by atoms with Crippen molar-refractivity contribution in [2.45, 2.75) is 25.7 Å². The summed E-state index contributed by atoms with van der Waals surface area (Å²) in [5.74, 6) is -0.544. The van der Waals surface area contributed by atoms with Crippen molar-refractivity contribution in [3.63, 3.8) is 0 Å². The average molecular weight is 413 g/mol. The highest BCUT2D eigenvalue weighted by molar-refractivity contribution is 5.95. The second kappa shape index (κ2) is 8.14. The van der Waals surface area contributed by atoms with E-state index in [1.165, 1.54) is 10.7 Å². The second-order valence-electron chi connectivity index (χ2n) is 6.99. The minimum absolute atomic E-state index is 0.0479. The summed E-state index contributed by atoms with van der Waals surface area (Å²) in [6, 6.07) is 8.74. The Bertz CT molecular complexity index is 1100. The quantitative estimate of drug-likeness (QED) is 0.650. The zero-order chi connectivity index (χ0) is 21.3. The maximum Gasteiger partial charge on any atom is 0.226 e. The highest BCUT2D eigenvalue weighted by Gasteiger charge is 2.33. The van der Waals surface area contributed by atoms with E-state index in [1.807, 2.05) is 19.1 Å². The lowest BCUT2D eigenvalue weighted by molar-refractivity contribution is -0.116. The number of anilines is 1. The molecule has 1 N–H and O–H groups in total. The summed E-state index contributed by atoms with van der Waals surface area (Å²) in [6.45, 7) is 2.50. The molecule has 0 saturated carbocycles. The van der Waals surface area contributed by atoms with Gasteiger partial charge in [0, 0.05) is 29.5 Å². The van der Waals surface area contributed by atoms with E-state index in [-0.39, 0.29) is 23.9 Å². The van der Waals surface area contributed by atoms with Gasteiger partial charge in [-0.15, -0.1) is 0 Å². The van der Waals surface area contributed by atoms with Crippen LogP contribution in [0, 0.1) is 11.6 Å². The first-order chi connectivity index (χ1) is 14.5. The SMILES string of the molecule is CCCOc1c(OC)cccc1[C@H]1CC(=O)Nc2c1cnn2-c1ccc(F)cc1F. The molecule has 2 aromatic carbocycles. The van der Waals surface area contributed by atoms with Crippen molar-refractivity contribution in [1.29, 1.82) is 0 Å². The topological polar surface area (TPSA) is 65.4 Å². The first-order valence-electron chi connectivity index (χ1n) is 9.66. The van der Waals surface area contributed by atoms with Gasteiger partial charge in [-0.1, -0.05) is 19.1 Å². The largest absolute Gasteiger partial charge is 0.493 e. The number of carbonyl (C=O) groups excluding carboxylic acids is 1. The number of carbonyl (C=O) groups is 1. The van der Waals surface area contributed by atoms with Crippen molar-refractivity contribution in [3.05, 3.63) is 65.4 Å². The Labute approximate surface area is 172 Å². The summed E-state index contributed by atoms with van der Waals surface area (Å²) in [7, 11) is 1.56. The number of fused-ring (bicyclic) bond motifs is 1. The molecule has 1 aromatic heterocycles. The van der Waals surface area contributed by atoms with Crippen molar-refractivity contribution in [2.75, 3.05) is 19.0 Å². The van der Waals surface area contributed by atoms with E-state index in [0.717, 1.165) is 24.1 Å². The molecule has 0 radical (unpaired) electrons. The first kappa shape index (κ1) is 19.9. The number of nitrogens with one attached hydrogen (secondary N) is 1. The van der Waals surface area contributed by atoms with Gasteiger partial charge in [0.1, 0.15) is 17.3 Å². The van der Waals surface area contributed by atoms with Gasteiger partial charge >= 0.3 is 0 Å². The van der Waals surface area contributed by atoms with E-state index in [4.69, 9.17) is 9.47 Å². The molecule has 0 bridgehead atoms. The van der Waals surface area contributed by atoms with Crippen molar-refractivity contribution in [1.82, 2.24) is 9.78 Å². The van der Waals surface area contributed by atoms with Gasteiger partial charge in [-0.05, 0) is 24.6 Å². The Balaban J connectivity index is 1.83. The molecular weight excluding hydrogens is 392 g/mol. The van der Waals surface area contributed by atoms with Crippen molar-refractivity contribution >= 4 is 11.7 Å². The Morgan fingerprint density at radius 2 is 2.07 bits per heavy atom. The van der Waals surface area contributed by atoms with Crippen LogP contribution in [0.1, 0.15) is 36.8 Å². The monoisotopic (exact) mass is 413 g/mol. The van der Waals surface area contributed by atoms with Crippen LogP contribution in [0.15, 0.2) is 42.6 Å². The van der Waals surface area contributed by atoms with E-state index in [9.17, 15) is 13.6 Å². The molecule has 30 heavy (non-hydrogen) atoms. The minimum atomic E-state index is -0.773. The van der Waals surface area contributed by atoms with Gasteiger partial charge in [0.05, 0.1) is 19.9 Å². The number of amides is 1. The summed E-state index contributed by atoms with van der Waals surface area (Å²) in [5.41, 5.74) is 1.55. The molecule has 2 heterocycles. The van der Waals surface area contributed by atoms with Crippen molar-refractivity contribution in [3.8, 4) is 17.2 Å². The van der Waals surface area contributed by atoms with Crippen LogP contribution in [0.3, 0.4) is 0 Å². The summed E-state index contributed by atoms with van der Waals surface area (Å²) in [4.78, 5) is 12.5. The number of ether oxygens (including phenoxy) is 2. The van der Waals surface area contributed by atoms with Crippen LogP contribution in [0.2, 0.25) is 0 Å². The molecule has 1 amide bonds. The van der Waals surface area contributed by atoms with Crippen LogP contribution in [0.25, 0.3) is 5.69 Å². The van der Waals surface area contributed by atoms with Crippen LogP contribution in [-0.4, -0.2) is 29.4 Å². The number of benzene rings is 2. The fourth-order valence-electron chi connectivity index (χ4n) is 3.66. The molecular formula is C22H21F2N3O3. The third kappa shape index (κ3) is 3.49. The predicted octanol–water partition coefficient (Wildman–Crippen LogP) is 4.42. The standard InChI is InChI=1S/C22H21F2N3O3/c1-3-9-30-21-14(5-4-6-19(21)29-2)15-11-20(28)26-22-16(15)12-25-27(22)18-8-7-13(23)10-17(18)24/h4-8,10,12,15H,3,9,11H2,1-2H3,(H,26,28)/t15-/m1/s1. The molecule has 8 heteroatoms. The number of rotatable bonds is 6. The lowest BCUT2D eigenvalue weighted by Crippen LogP contribution is -2.25. The predicted molar refractivity (Wildman–Crippen MR) is 107 cm³/mol. The maximum atomic E-state index is 14.4. The highest BCUT2D eigenvalue weighted by atomic mass is 19.1. The number of nitrogens with zero attached hydrogens (tertiary/aromatic N) is 2. The summed E-state index contributed by atoms with van der Waals surface area (Å²) in [5, 5.41) is 7.04. The summed E-state index contributed by atoms with van der Waals surface area (Å²) in [6.07, 6.45) is 2.58. The Morgan fingerprint density at radius 1 is 1.23 bits per heavy atom. The van der Waals surface area contributed by atoms with E-state index in [0.29, 0.717) is 29.5 Å². The molecule has 1 atom stereocenters. The van der Waals surface area contributed by atoms with Crippen LogP contribution in [-0.2, 0) is 4.79 Å². The molecule has 4 rings (SSSR count). The fraction of sp³-hybridized carbons (Fsp3) is 0.273. The molecule has 1 aliphatic rings. The van der Waals surface area contributed by atoms with E-state index >= 15 is 0 Å². The Hall–Kier alpha value is -3.42. The minimum Gasteiger partial charge on any atom is -0.493 e. The molecule has 3 aromatic rings. The number of aromatic nitrogens is 2. The normalized spacial score (nSPS) is 15.5. The molecule has 0 saturated heterocycles. The van der Waals surface area contributed by atoms with E-state index in [1.54, 1.807) is 19.4 Å². The molecule has 6 nitrogen and oxygen atoms in total. The van der Waals surface area contributed by atoms with Crippen LogP contribution < -0.4 is 14.8 Å². The third-order valence-corrected chi connectivity index (χ3v) is 5.01. The zero-order valence-corrected chi connectivity index (χ0v) is 16.6. The fourth-order valence-corrected chi connectivity index (χ4v) is 3.66. The number of hydrogen-bond acceptors (Lipinski definition) is 4. The molecule has 0 unspecified atom stereocenters. The van der Waals surface area contributed by atoms with Crippen LogP contribution in [0.4, 0.5) is 14.6 Å². The average Bonchev–Trinajstić information content (AvgIpc) is 3.15. The number of para-hydroxylation sites is 1. The van der Waals surface area contributed by atoms with Crippen molar-refractivity contribution in [2.24, 2.45) is 0 Å². The van der Waals surface area contributed by atoms with Gasteiger partial charge in [0.2, 0.25) is 5.91 Å². The highest BCUT2D eigenvalue weighted by Crippen LogP contribution is 2.44. The van der Waals surface area contributed by atoms with Gasteiger partial charge < -0.3 is 14.8 Å². The molecule has 156 valence electrons. The van der Waals surface area contributed by atoms with Crippen LogP contribution >= 0.6 is 0 Å². The molecule has 1 aliphatic heterocycles. The number of methoxy groups -OCH3 is 1. The first-order valence-corrected chi connectivity index (χ1v) is 9.66. The second-order valence-corrected chi connectivity index (χ2v) is 6.99. The summed E-state index contributed by atoms with van der Waals surface area (Å²) < 4.78 is 40.4. The van der Waals surface area contributed by atoms with Crippen LogP contribution in [0.5, 0.6) is 11.5 Å². The van der Waals surface area contributed by atoms with E-state index < -0.39 is 11.6 Å². The van der Waals surface area contributed by atoms with Gasteiger partial charge in [0.25, 0.3) is 0 Å². The lowest BCUT2D eigenvalue weighted by Gasteiger charge is -2.26. The molecule has 0 aliphatic carbocycles. The van der Waals surface area contributed by atoms with Gasteiger partial charge in [0.15, 0.2) is 17.3 Å². The molecule has 0 fully saturated rings. The van der Waals surface area contributed by atoms with Crippen molar-refractivity contribution < 1.29 is 23.0 Å². The van der Waals surface area contributed by atoms with E-state index in [2.05, 4.69) is 10.4 Å². The van der Waals surface area contributed by atoms with Gasteiger partial charge in [-0.3, -0.25) is 4.79 Å².